The molecule has 1 aromatic carbocycles. The molecular formula is C35H52F5NO2. The average molecular weight is 614 g/mol. The van der Waals surface area contributed by atoms with Crippen LogP contribution in [0.25, 0.3) is 0 Å². The molecule has 3 nitrogen and oxygen atoms in total. The van der Waals surface area contributed by atoms with Crippen LogP contribution in [0.2, 0.25) is 0 Å². The molecule has 2 N–H and O–H groups in total. The smallest absolute Gasteiger partial charge is 0.453 e. The third kappa shape index (κ3) is 7.26. The highest BCUT2D eigenvalue weighted by Gasteiger charge is 2.63. The fraction of sp³-hybridized carbons (Fsp3) is 0.771. The predicted octanol–water partition coefficient (Wildman–Crippen LogP) is 9.42. The van der Waals surface area contributed by atoms with Gasteiger partial charge >= 0.3 is 12.1 Å². The van der Waals surface area contributed by atoms with Crippen LogP contribution in [-0.2, 0) is 6.42 Å². The van der Waals surface area contributed by atoms with Gasteiger partial charge in [-0.3, -0.25) is 0 Å². The zero-order valence-corrected chi connectivity index (χ0v) is 26.1. The fourth-order valence-corrected chi connectivity index (χ4v) is 9.17. The summed E-state index contributed by atoms with van der Waals surface area (Å²) in [5.74, 6) is -3.02. The van der Waals surface area contributed by atoms with E-state index in [-0.39, 0.29) is 23.4 Å². The number of halogens is 5. The molecule has 8 heteroatoms. The summed E-state index contributed by atoms with van der Waals surface area (Å²) in [6, 6.07) is 5.91. The van der Waals surface area contributed by atoms with Crippen molar-refractivity contribution < 1.29 is 32.2 Å². The number of aliphatic hydroxyl groups is 1. The Hall–Kier alpha value is -1.67. The van der Waals surface area contributed by atoms with E-state index < -0.39 is 18.5 Å². The van der Waals surface area contributed by atoms with E-state index in [1.54, 1.807) is 0 Å². The minimum Gasteiger partial charge on any atom is -0.508 e. The lowest BCUT2D eigenvalue weighted by Gasteiger charge is -2.60. The van der Waals surface area contributed by atoms with E-state index in [1.165, 1.54) is 11.1 Å². The number of nitrogens with zero attached hydrogens (tertiary/aromatic N) is 1. The predicted molar refractivity (Wildman–Crippen MR) is 161 cm³/mol. The first kappa shape index (κ1) is 34.2. The topological polar surface area (TPSA) is 43.7 Å². The van der Waals surface area contributed by atoms with Crippen molar-refractivity contribution in [2.45, 2.75) is 127 Å². The van der Waals surface area contributed by atoms with Crippen LogP contribution in [0, 0.1) is 22.7 Å². The molecule has 3 aliphatic rings. The number of rotatable bonds is 15. The summed E-state index contributed by atoms with van der Waals surface area (Å²) in [6.45, 7) is 8.57. The first-order chi connectivity index (χ1) is 20.2. The van der Waals surface area contributed by atoms with E-state index in [0.29, 0.717) is 36.3 Å². The van der Waals surface area contributed by atoms with Crippen LogP contribution < -0.4 is 0 Å². The number of phenols is 1. The second-order valence-corrected chi connectivity index (χ2v) is 14.2. The molecule has 0 bridgehead atoms. The fourth-order valence-electron chi connectivity index (χ4n) is 9.17. The maximum atomic E-state index is 13.0. The molecule has 0 aliphatic heterocycles. The largest absolute Gasteiger partial charge is 0.508 e. The van der Waals surface area contributed by atoms with E-state index in [2.05, 4.69) is 37.6 Å². The Balaban J connectivity index is 1.23. The molecule has 0 saturated heterocycles. The van der Waals surface area contributed by atoms with E-state index in [4.69, 9.17) is 0 Å². The lowest BCUT2D eigenvalue weighted by Crippen LogP contribution is -2.54. The second-order valence-electron chi connectivity index (χ2n) is 14.2. The van der Waals surface area contributed by atoms with E-state index in [1.807, 2.05) is 12.1 Å². The Kier molecular flexibility index (Phi) is 10.9. The van der Waals surface area contributed by atoms with Crippen LogP contribution in [0.15, 0.2) is 30.9 Å². The van der Waals surface area contributed by atoms with E-state index in [0.717, 1.165) is 83.7 Å². The number of fused-ring (bicyclic) bond motifs is 5. The monoisotopic (exact) mass is 613 g/mol. The summed E-state index contributed by atoms with van der Waals surface area (Å²) < 4.78 is 62.8. The highest BCUT2D eigenvalue weighted by Crippen LogP contribution is 2.69. The van der Waals surface area contributed by atoms with Crippen molar-refractivity contribution >= 4 is 0 Å². The number of unbranched alkanes of at least 4 members (excludes halogenated alkanes) is 6. The van der Waals surface area contributed by atoms with Gasteiger partial charge in [-0.25, -0.2) is 0 Å². The van der Waals surface area contributed by atoms with Gasteiger partial charge in [0.2, 0.25) is 0 Å². The third-order valence-corrected chi connectivity index (χ3v) is 11.4. The van der Waals surface area contributed by atoms with Gasteiger partial charge < -0.3 is 15.1 Å². The van der Waals surface area contributed by atoms with Crippen molar-refractivity contribution in [3.63, 3.8) is 0 Å². The molecule has 1 aromatic rings. The number of benzene rings is 1. The van der Waals surface area contributed by atoms with Gasteiger partial charge in [0, 0.05) is 6.42 Å². The Bertz CT molecular complexity index is 1080. The average Bonchev–Trinajstić information content (AvgIpc) is 3.25. The van der Waals surface area contributed by atoms with Crippen LogP contribution >= 0.6 is 0 Å². The summed E-state index contributed by atoms with van der Waals surface area (Å²) >= 11 is 0. The SMILES string of the molecule is C=C[C@@]12CCc3cc(O)ccc3[C@H]1[C@@H](CCCCCN(C)CCCCCCCC(F)(F)C(F)(F)F)C[C@@]1(C)[C@H]2CC[C@@H]1O. The summed E-state index contributed by atoms with van der Waals surface area (Å²) in [4.78, 5) is 2.28. The van der Waals surface area contributed by atoms with Gasteiger partial charge in [-0.1, -0.05) is 51.2 Å². The maximum Gasteiger partial charge on any atom is 0.453 e. The van der Waals surface area contributed by atoms with Gasteiger partial charge in [0.25, 0.3) is 0 Å². The maximum absolute atomic E-state index is 13.0. The first-order valence-electron chi connectivity index (χ1n) is 16.5. The third-order valence-electron chi connectivity index (χ3n) is 11.4. The number of phenolic OH excluding ortho intramolecular Hbond substituents is 1. The Morgan fingerprint density at radius 3 is 2.30 bits per heavy atom. The van der Waals surface area contributed by atoms with Crippen molar-refractivity contribution in [1.82, 2.24) is 4.90 Å². The quantitative estimate of drug-likeness (QED) is 0.118. The number of aryl methyl sites for hydroxylation is 1. The number of aromatic hydroxyl groups is 1. The number of alkyl halides is 5. The molecule has 6 atom stereocenters. The zero-order chi connectivity index (χ0) is 31.5. The lowest BCUT2D eigenvalue weighted by atomic mass is 9.44. The zero-order valence-electron chi connectivity index (χ0n) is 26.1. The normalized spacial score (nSPS) is 30.6. The van der Waals surface area contributed by atoms with Crippen LogP contribution in [0.1, 0.15) is 114 Å². The van der Waals surface area contributed by atoms with Crippen LogP contribution in [0.3, 0.4) is 0 Å². The molecule has 244 valence electrons. The Morgan fingerprint density at radius 2 is 1.63 bits per heavy atom. The van der Waals surface area contributed by atoms with Crippen LogP contribution in [-0.4, -0.2) is 53.5 Å². The van der Waals surface area contributed by atoms with Gasteiger partial charge in [-0.15, -0.1) is 6.58 Å². The Morgan fingerprint density at radius 1 is 0.977 bits per heavy atom. The van der Waals surface area contributed by atoms with Gasteiger partial charge in [0.1, 0.15) is 5.75 Å². The van der Waals surface area contributed by atoms with Gasteiger partial charge in [-0.2, -0.15) is 22.0 Å². The number of aliphatic hydroxyl groups excluding tert-OH is 1. The van der Waals surface area contributed by atoms with Crippen LogP contribution in [0.4, 0.5) is 22.0 Å². The van der Waals surface area contributed by atoms with Crippen molar-refractivity contribution in [2.24, 2.45) is 22.7 Å². The van der Waals surface area contributed by atoms with Crippen molar-refractivity contribution in [2.75, 3.05) is 20.1 Å². The van der Waals surface area contributed by atoms with E-state index in [9.17, 15) is 32.2 Å². The molecule has 2 fully saturated rings. The molecule has 0 spiro atoms. The summed E-state index contributed by atoms with van der Waals surface area (Å²) in [7, 11) is 2.08. The molecule has 0 unspecified atom stereocenters. The number of allylic oxidation sites excluding steroid dienone is 1. The van der Waals surface area contributed by atoms with Gasteiger partial charge in [-0.05, 0) is 130 Å². The summed E-state index contributed by atoms with van der Waals surface area (Å²) in [6.07, 6.45) is 7.40. The molecule has 0 amide bonds. The first-order valence-corrected chi connectivity index (χ1v) is 16.5. The molecule has 2 saturated carbocycles. The summed E-state index contributed by atoms with van der Waals surface area (Å²) in [5, 5.41) is 21.3. The minimum absolute atomic E-state index is 0.0292. The molecule has 4 rings (SSSR count). The molecule has 0 radical (unpaired) electrons. The van der Waals surface area contributed by atoms with E-state index >= 15 is 0 Å². The lowest BCUT2D eigenvalue weighted by molar-refractivity contribution is -0.284. The second kappa shape index (κ2) is 13.8. The van der Waals surface area contributed by atoms with Crippen LogP contribution in [0.5, 0.6) is 5.75 Å². The Labute approximate surface area is 254 Å². The molecular weight excluding hydrogens is 561 g/mol. The minimum atomic E-state index is -5.45. The number of hydrogen-bond acceptors (Lipinski definition) is 3. The highest BCUT2D eigenvalue weighted by atomic mass is 19.4. The summed E-state index contributed by atoms with van der Waals surface area (Å²) in [5.41, 5.74) is 2.50. The van der Waals surface area contributed by atoms with Gasteiger partial charge in [0.05, 0.1) is 6.10 Å². The van der Waals surface area contributed by atoms with Crippen molar-refractivity contribution in [3.05, 3.63) is 42.0 Å². The molecule has 43 heavy (non-hydrogen) atoms. The standard InChI is InChI=1S/C35H52F5NO2/c1-4-33-20-18-25-23-27(42)14-15-28(25)31(33)26(24-32(2)29(33)16-17-30(32)43)13-9-8-12-22-41(3)21-11-7-5-6-10-19-34(36,37)35(38,39)40/h4,14-15,23,26,29-31,42-43H,1,5-13,16-22,24H2,2-3H3/t26-,29+,30-,31+,32-,33-/m0/s1. The van der Waals surface area contributed by atoms with Crippen molar-refractivity contribution in [3.8, 4) is 5.75 Å². The molecule has 0 aromatic heterocycles. The van der Waals surface area contributed by atoms with Crippen molar-refractivity contribution in [1.29, 1.82) is 0 Å². The number of hydrogen-bond donors (Lipinski definition) is 2. The molecule has 3 aliphatic carbocycles. The molecule has 0 heterocycles. The van der Waals surface area contributed by atoms with Gasteiger partial charge in [0.15, 0.2) is 0 Å². The highest BCUT2D eigenvalue weighted by molar-refractivity contribution is 5.43.